The van der Waals surface area contributed by atoms with Crippen molar-refractivity contribution in [1.82, 2.24) is 10.2 Å². The van der Waals surface area contributed by atoms with E-state index >= 15 is 0 Å². The van der Waals surface area contributed by atoms with E-state index in [4.69, 9.17) is 19.8 Å². The first-order valence-electron chi connectivity index (χ1n) is 6.93. The lowest BCUT2D eigenvalue weighted by atomic mass is 9.77. The number of hydrogen-bond acceptors (Lipinski definition) is 5. The van der Waals surface area contributed by atoms with E-state index in [0.29, 0.717) is 11.6 Å². The molecule has 3 rings (SSSR count). The van der Waals surface area contributed by atoms with Crippen molar-refractivity contribution in [2.24, 2.45) is 0 Å². The average Bonchev–Trinajstić information content (AvgIpc) is 2.88. The molecule has 0 bridgehead atoms. The van der Waals surface area contributed by atoms with E-state index in [1.807, 2.05) is 39.8 Å². The van der Waals surface area contributed by atoms with Crippen molar-refractivity contribution in [1.29, 1.82) is 0 Å². The van der Waals surface area contributed by atoms with Crippen LogP contribution in [-0.2, 0) is 9.31 Å². The number of methoxy groups -OCH3 is 1. The van der Waals surface area contributed by atoms with Crippen molar-refractivity contribution in [3.8, 4) is 5.75 Å². The number of anilines is 1. The fourth-order valence-electron chi connectivity index (χ4n) is 2.48. The summed E-state index contributed by atoms with van der Waals surface area (Å²) in [6, 6.07) is 3.77. The number of H-pyrrole nitrogens is 1. The van der Waals surface area contributed by atoms with Crippen molar-refractivity contribution in [3.05, 3.63) is 12.1 Å². The Labute approximate surface area is 124 Å². The first-order valence-corrected chi connectivity index (χ1v) is 6.93. The number of ether oxygens (including phenoxy) is 1. The molecule has 1 aromatic heterocycles. The maximum Gasteiger partial charge on any atom is 0.497 e. The lowest BCUT2D eigenvalue weighted by Crippen LogP contribution is -2.41. The van der Waals surface area contributed by atoms with Gasteiger partial charge in [-0.3, -0.25) is 5.10 Å². The predicted molar refractivity (Wildman–Crippen MR) is 82.8 cm³/mol. The number of aromatic nitrogens is 2. The molecule has 2 aromatic rings. The number of aromatic amines is 1. The van der Waals surface area contributed by atoms with E-state index in [0.717, 1.165) is 16.4 Å². The molecule has 1 aromatic carbocycles. The first kappa shape index (κ1) is 14.2. The topological polar surface area (TPSA) is 82.4 Å². The smallest absolute Gasteiger partial charge is 0.496 e. The fourth-order valence-corrected chi connectivity index (χ4v) is 2.48. The second kappa shape index (κ2) is 4.38. The average molecular weight is 289 g/mol. The number of nitrogens with zero attached hydrogens (tertiary/aromatic N) is 1. The van der Waals surface area contributed by atoms with Gasteiger partial charge in [-0.15, -0.1) is 0 Å². The van der Waals surface area contributed by atoms with Crippen LogP contribution < -0.4 is 15.9 Å². The highest BCUT2D eigenvalue weighted by Crippen LogP contribution is 2.37. The third-order valence-electron chi connectivity index (χ3n) is 4.47. The van der Waals surface area contributed by atoms with Crippen LogP contribution in [0, 0.1) is 0 Å². The Morgan fingerprint density at radius 3 is 2.38 bits per heavy atom. The van der Waals surface area contributed by atoms with Crippen LogP contribution in [0.1, 0.15) is 27.7 Å². The SMILES string of the molecule is COc1ccc(B2OC(C)(C)C(C)(C)O2)c2[nH]nc(N)c12. The lowest BCUT2D eigenvalue weighted by molar-refractivity contribution is 0.00578. The van der Waals surface area contributed by atoms with Gasteiger partial charge in [0.25, 0.3) is 0 Å². The predicted octanol–water partition coefficient (Wildman–Crippen LogP) is 1.45. The molecule has 0 aliphatic carbocycles. The number of nitrogens with two attached hydrogens (primary N) is 1. The normalized spacial score (nSPS) is 20.1. The molecule has 0 saturated carbocycles. The third-order valence-corrected chi connectivity index (χ3v) is 4.47. The second-order valence-electron chi connectivity index (χ2n) is 6.30. The van der Waals surface area contributed by atoms with Gasteiger partial charge in [-0.05, 0) is 33.8 Å². The van der Waals surface area contributed by atoms with Crippen LogP contribution in [0.15, 0.2) is 12.1 Å². The number of nitrogen functional groups attached to an aromatic ring is 1. The van der Waals surface area contributed by atoms with Crippen LogP contribution in [0.5, 0.6) is 5.75 Å². The van der Waals surface area contributed by atoms with Gasteiger partial charge in [0.2, 0.25) is 0 Å². The summed E-state index contributed by atoms with van der Waals surface area (Å²) in [6.07, 6.45) is 0. The summed E-state index contributed by atoms with van der Waals surface area (Å²) in [4.78, 5) is 0. The van der Waals surface area contributed by atoms with Crippen LogP contribution in [0.3, 0.4) is 0 Å². The van der Waals surface area contributed by atoms with Gasteiger partial charge in [-0.1, -0.05) is 6.07 Å². The molecule has 21 heavy (non-hydrogen) atoms. The molecule has 7 heteroatoms. The molecule has 1 fully saturated rings. The Morgan fingerprint density at radius 2 is 1.81 bits per heavy atom. The van der Waals surface area contributed by atoms with Crippen molar-refractivity contribution in [2.75, 3.05) is 12.8 Å². The van der Waals surface area contributed by atoms with Gasteiger partial charge in [0.15, 0.2) is 5.82 Å². The molecule has 0 radical (unpaired) electrons. The maximum atomic E-state index is 6.09. The zero-order valence-corrected chi connectivity index (χ0v) is 13.0. The van der Waals surface area contributed by atoms with Gasteiger partial charge in [-0.2, -0.15) is 5.10 Å². The monoisotopic (exact) mass is 289 g/mol. The fraction of sp³-hybridized carbons (Fsp3) is 0.500. The highest BCUT2D eigenvalue weighted by molar-refractivity contribution is 6.65. The van der Waals surface area contributed by atoms with Gasteiger partial charge >= 0.3 is 7.12 Å². The van der Waals surface area contributed by atoms with Crippen LogP contribution in [0.2, 0.25) is 0 Å². The van der Waals surface area contributed by atoms with E-state index in [9.17, 15) is 0 Å². The number of rotatable bonds is 2. The van der Waals surface area contributed by atoms with E-state index in [2.05, 4.69) is 10.2 Å². The molecule has 3 N–H and O–H groups in total. The summed E-state index contributed by atoms with van der Waals surface area (Å²) < 4.78 is 17.5. The lowest BCUT2D eigenvalue weighted by Gasteiger charge is -2.32. The van der Waals surface area contributed by atoms with E-state index in [-0.39, 0.29) is 0 Å². The number of hydrogen-bond donors (Lipinski definition) is 2. The molecule has 1 aliphatic rings. The van der Waals surface area contributed by atoms with Gasteiger partial charge in [0.05, 0.1) is 29.2 Å². The van der Waals surface area contributed by atoms with Crippen LogP contribution >= 0.6 is 0 Å². The van der Waals surface area contributed by atoms with E-state index < -0.39 is 18.3 Å². The minimum Gasteiger partial charge on any atom is -0.496 e. The standard InChI is InChI=1S/C14H20BN3O3/c1-13(2)14(3,4)21-15(20-13)8-6-7-9(19-5)10-11(8)17-18-12(10)16/h6-7H,1-5H3,(H3,16,17,18). The molecule has 6 nitrogen and oxygen atoms in total. The molecular weight excluding hydrogens is 269 g/mol. The Balaban J connectivity index is 2.11. The minimum atomic E-state index is -0.469. The van der Waals surface area contributed by atoms with Gasteiger partial charge in [-0.25, -0.2) is 0 Å². The number of nitrogens with one attached hydrogen (secondary N) is 1. The van der Waals surface area contributed by atoms with Crippen molar-refractivity contribution in [3.63, 3.8) is 0 Å². The van der Waals surface area contributed by atoms with E-state index in [1.165, 1.54) is 0 Å². The highest BCUT2D eigenvalue weighted by Gasteiger charge is 2.52. The minimum absolute atomic E-state index is 0.393. The Morgan fingerprint density at radius 1 is 1.19 bits per heavy atom. The molecular formula is C14H20BN3O3. The quantitative estimate of drug-likeness (QED) is 0.818. The van der Waals surface area contributed by atoms with Crippen molar-refractivity contribution < 1.29 is 14.0 Å². The molecule has 1 saturated heterocycles. The second-order valence-corrected chi connectivity index (χ2v) is 6.30. The Kier molecular flexibility index (Phi) is 2.97. The van der Waals surface area contributed by atoms with Crippen molar-refractivity contribution >= 4 is 29.3 Å². The van der Waals surface area contributed by atoms with Crippen LogP contribution in [0.4, 0.5) is 5.82 Å². The molecule has 0 atom stereocenters. The Bertz CT molecular complexity index is 680. The third kappa shape index (κ3) is 1.99. The first-order chi connectivity index (χ1) is 9.77. The Hall–Kier alpha value is -1.73. The molecule has 1 aliphatic heterocycles. The van der Waals surface area contributed by atoms with Crippen molar-refractivity contribution in [2.45, 2.75) is 38.9 Å². The van der Waals surface area contributed by atoms with E-state index in [1.54, 1.807) is 7.11 Å². The zero-order chi connectivity index (χ0) is 15.4. The van der Waals surface area contributed by atoms with Crippen LogP contribution in [0.25, 0.3) is 10.9 Å². The molecule has 2 heterocycles. The summed E-state index contributed by atoms with van der Waals surface area (Å²) in [7, 11) is 1.14. The van der Waals surface area contributed by atoms with Gasteiger partial charge < -0.3 is 19.8 Å². The summed E-state index contributed by atoms with van der Waals surface area (Å²) in [5, 5.41) is 7.77. The number of benzene rings is 1. The summed E-state index contributed by atoms with van der Waals surface area (Å²) in [5.41, 5.74) is 6.79. The maximum absolute atomic E-state index is 6.09. The highest BCUT2D eigenvalue weighted by atomic mass is 16.7. The largest absolute Gasteiger partial charge is 0.497 e. The molecule has 0 amide bonds. The van der Waals surface area contributed by atoms with Gasteiger partial charge in [0, 0.05) is 5.46 Å². The van der Waals surface area contributed by atoms with Gasteiger partial charge in [0.1, 0.15) is 5.75 Å². The summed E-state index contributed by atoms with van der Waals surface area (Å²) in [5.74, 6) is 1.08. The summed E-state index contributed by atoms with van der Waals surface area (Å²) in [6.45, 7) is 8.09. The molecule has 0 unspecified atom stereocenters. The zero-order valence-electron chi connectivity index (χ0n) is 13.0. The molecule has 0 spiro atoms. The van der Waals surface area contributed by atoms with Crippen LogP contribution in [-0.4, -0.2) is 35.6 Å². The summed E-state index contributed by atoms with van der Waals surface area (Å²) >= 11 is 0. The number of fused-ring (bicyclic) bond motifs is 1. The molecule has 112 valence electrons.